The van der Waals surface area contributed by atoms with E-state index in [4.69, 9.17) is 4.74 Å². The van der Waals surface area contributed by atoms with Crippen LogP contribution in [-0.4, -0.2) is 28.8 Å². The number of benzene rings is 1. The van der Waals surface area contributed by atoms with Gasteiger partial charge < -0.3 is 10.1 Å². The molecule has 3 rings (SSSR count). The summed E-state index contributed by atoms with van der Waals surface area (Å²) >= 11 is 0. The van der Waals surface area contributed by atoms with Gasteiger partial charge in [-0.25, -0.2) is 8.78 Å². The first-order valence-electron chi connectivity index (χ1n) is 7.87. The Morgan fingerprint density at radius 1 is 1.38 bits per heavy atom. The third-order valence-corrected chi connectivity index (χ3v) is 4.21. The molecule has 0 saturated carbocycles. The van der Waals surface area contributed by atoms with E-state index in [1.807, 2.05) is 13.1 Å². The van der Waals surface area contributed by atoms with E-state index in [0.29, 0.717) is 31.6 Å². The van der Waals surface area contributed by atoms with Gasteiger partial charge in [-0.3, -0.25) is 9.48 Å². The largest absolute Gasteiger partial charge is 0.371 e. The highest BCUT2D eigenvalue weighted by Gasteiger charge is 2.36. The molecule has 1 aliphatic rings. The predicted octanol–water partition coefficient (Wildman–Crippen LogP) is 2.13. The minimum atomic E-state index is -0.614. The van der Waals surface area contributed by atoms with Gasteiger partial charge in [0.1, 0.15) is 17.7 Å². The fourth-order valence-electron chi connectivity index (χ4n) is 3.03. The molecule has 1 N–H and O–H groups in total. The van der Waals surface area contributed by atoms with Gasteiger partial charge in [-0.1, -0.05) is 0 Å². The fraction of sp³-hybridized carbons (Fsp3) is 0.412. The van der Waals surface area contributed by atoms with Crippen molar-refractivity contribution in [3.63, 3.8) is 0 Å². The zero-order valence-corrected chi connectivity index (χ0v) is 13.3. The van der Waals surface area contributed by atoms with Crippen LogP contribution in [0.5, 0.6) is 0 Å². The molecule has 7 heteroatoms. The molecule has 5 nitrogen and oxygen atoms in total. The number of ether oxygens (including phenoxy) is 1. The van der Waals surface area contributed by atoms with Crippen LogP contribution in [0.15, 0.2) is 30.5 Å². The number of halogens is 2. The van der Waals surface area contributed by atoms with Gasteiger partial charge in [0.2, 0.25) is 5.91 Å². The van der Waals surface area contributed by atoms with Crippen LogP contribution in [0.3, 0.4) is 0 Å². The maximum absolute atomic E-state index is 13.2. The quantitative estimate of drug-likeness (QED) is 0.911. The number of hydrogen-bond donors (Lipinski definition) is 1. The summed E-state index contributed by atoms with van der Waals surface area (Å²) in [5, 5.41) is 6.94. The molecular formula is C17H19F2N3O2. The summed E-state index contributed by atoms with van der Waals surface area (Å²) in [6, 6.07) is 5.21. The third-order valence-electron chi connectivity index (χ3n) is 4.21. The second kappa shape index (κ2) is 7.09. The monoisotopic (exact) mass is 335 g/mol. The second-order valence-electron chi connectivity index (χ2n) is 5.88. The zero-order chi connectivity index (χ0) is 17.1. The van der Waals surface area contributed by atoms with E-state index in [1.165, 1.54) is 12.1 Å². The number of rotatable bonds is 5. The smallest absolute Gasteiger partial charge is 0.226 e. The summed E-state index contributed by atoms with van der Waals surface area (Å²) in [7, 11) is 1.81. The van der Waals surface area contributed by atoms with E-state index < -0.39 is 11.6 Å². The molecule has 2 atom stereocenters. The summed E-state index contributed by atoms with van der Waals surface area (Å²) in [6.45, 7) is 0.833. The third kappa shape index (κ3) is 3.62. The van der Waals surface area contributed by atoms with Crippen molar-refractivity contribution in [2.45, 2.75) is 18.9 Å². The fourth-order valence-corrected chi connectivity index (χ4v) is 3.03. The van der Waals surface area contributed by atoms with Gasteiger partial charge >= 0.3 is 0 Å². The average Bonchev–Trinajstić information content (AvgIpc) is 3.14. The lowest BCUT2D eigenvalue weighted by Gasteiger charge is -2.18. The molecule has 0 spiro atoms. The Kier molecular flexibility index (Phi) is 4.89. The summed E-state index contributed by atoms with van der Waals surface area (Å²) in [4.78, 5) is 12.4. The molecule has 128 valence electrons. The summed E-state index contributed by atoms with van der Waals surface area (Å²) < 4.78 is 33.7. The van der Waals surface area contributed by atoms with E-state index in [9.17, 15) is 13.6 Å². The first-order chi connectivity index (χ1) is 11.5. The molecule has 2 heterocycles. The molecule has 1 amide bonds. The Labute approximate surface area is 138 Å². The highest BCUT2D eigenvalue weighted by atomic mass is 19.1. The predicted molar refractivity (Wildman–Crippen MR) is 83.1 cm³/mol. The minimum Gasteiger partial charge on any atom is -0.371 e. The van der Waals surface area contributed by atoms with Crippen LogP contribution in [-0.2, 0) is 23.0 Å². The lowest BCUT2D eigenvalue weighted by Crippen LogP contribution is -2.34. The number of carbonyl (C=O) groups is 1. The van der Waals surface area contributed by atoms with Crippen molar-refractivity contribution in [1.29, 1.82) is 0 Å². The highest BCUT2D eigenvalue weighted by Crippen LogP contribution is 2.34. The number of nitrogens with one attached hydrogen (secondary N) is 1. The SMILES string of the molecule is Cn1nccc1[C@@H]1OCC[C@H]1C(=O)NCCc1cc(F)cc(F)c1. The van der Waals surface area contributed by atoms with Crippen LogP contribution in [0.4, 0.5) is 8.78 Å². The summed E-state index contributed by atoms with van der Waals surface area (Å²) in [5.74, 6) is -1.63. The van der Waals surface area contributed by atoms with Gasteiger partial charge in [-0.2, -0.15) is 5.10 Å². The molecule has 0 aliphatic carbocycles. The van der Waals surface area contributed by atoms with Crippen molar-refractivity contribution in [3.8, 4) is 0 Å². The standard InChI is InChI=1S/C17H19F2N3O2/c1-22-15(3-6-21-22)16-14(4-7-24-16)17(23)20-5-2-11-8-12(18)10-13(19)9-11/h3,6,8-10,14,16H,2,4-5,7H2,1H3,(H,20,23)/t14-,16-/m1/s1. The second-order valence-corrected chi connectivity index (χ2v) is 5.88. The molecule has 1 aliphatic heterocycles. The zero-order valence-electron chi connectivity index (χ0n) is 13.3. The lowest BCUT2D eigenvalue weighted by atomic mass is 9.98. The number of nitrogens with zero attached hydrogens (tertiary/aromatic N) is 2. The molecule has 1 saturated heterocycles. The Hall–Kier alpha value is -2.28. The van der Waals surface area contributed by atoms with Crippen LogP contribution >= 0.6 is 0 Å². The molecule has 1 fully saturated rings. The van der Waals surface area contributed by atoms with Gasteiger partial charge in [0.25, 0.3) is 0 Å². The van der Waals surface area contributed by atoms with Crippen LogP contribution in [0, 0.1) is 17.6 Å². The van der Waals surface area contributed by atoms with Gasteiger partial charge in [-0.15, -0.1) is 0 Å². The van der Waals surface area contributed by atoms with Crippen LogP contribution < -0.4 is 5.32 Å². The highest BCUT2D eigenvalue weighted by molar-refractivity contribution is 5.79. The van der Waals surface area contributed by atoms with E-state index >= 15 is 0 Å². The first kappa shape index (κ1) is 16.6. The summed E-state index contributed by atoms with van der Waals surface area (Å²) in [5.41, 5.74) is 1.37. The van der Waals surface area contributed by atoms with E-state index in [2.05, 4.69) is 10.4 Å². The number of carbonyl (C=O) groups excluding carboxylic acids is 1. The number of aryl methyl sites for hydroxylation is 1. The minimum absolute atomic E-state index is 0.115. The van der Waals surface area contributed by atoms with E-state index in [1.54, 1.807) is 10.9 Å². The van der Waals surface area contributed by atoms with Crippen molar-refractivity contribution in [1.82, 2.24) is 15.1 Å². The Morgan fingerprint density at radius 2 is 2.12 bits per heavy atom. The van der Waals surface area contributed by atoms with Gasteiger partial charge in [0, 0.05) is 32.5 Å². The van der Waals surface area contributed by atoms with Crippen molar-refractivity contribution in [2.75, 3.05) is 13.2 Å². The molecule has 0 radical (unpaired) electrons. The van der Waals surface area contributed by atoms with Crippen molar-refractivity contribution >= 4 is 5.91 Å². The Morgan fingerprint density at radius 3 is 2.79 bits per heavy atom. The maximum atomic E-state index is 13.2. The first-order valence-corrected chi connectivity index (χ1v) is 7.87. The normalized spacial score (nSPS) is 20.3. The maximum Gasteiger partial charge on any atom is 0.226 e. The van der Waals surface area contributed by atoms with Gasteiger partial charge in [0.05, 0.1) is 11.6 Å². The Bertz CT molecular complexity index is 712. The van der Waals surface area contributed by atoms with E-state index in [-0.39, 0.29) is 17.9 Å². The Balaban J connectivity index is 1.57. The molecule has 24 heavy (non-hydrogen) atoms. The summed E-state index contributed by atoms with van der Waals surface area (Å²) in [6.07, 6.45) is 2.36. The van der Waals surface area contributed by atoms with Crippen molar-refractivity contribution in [3.05, 3.63) is 53.4 Å². The van der Waals surface area contributed by atoms with Crippen molar-refractivity contribution in [2.24, 2.45) is 13.0 Å². The number of hydrogen-bond acceptors (Lipinski definition) is 3. The molecule has 1 aromatic carbocycles. The molecule has 0 unspecified atom stereocenters. The molecule has 2 aromatic rings. The van der Waals surface area contributed by atoms with Gasteiger partial charge in [-0.05, 0) is 36.6 Å². The molecule has 0 bridgehead atoms. The van der Waals surface area contributed by atoms with Crippen LogP contribution in [0.2, 0.25) is 0 Å². The van der Waals surface area contributed by atoms with E-state index in [0.717, 1.165) is 11.8 Å². The lowest BCUT2D eigenvalue weighted by molar-refractivity contribution is -0.126. The molecule has 1 aromatic heterocycles. The van der Waals surface area contributed by atoms with Gasteiger partial charge in [0.15, 0.2) is 0 Å². The van der Waals surface area contributed by atoms with Crippen LogP contribution in [0.25, 0.3) is 0 Å². The number of aromatic nitrogens is 2. The topological polar surface area (TPSA) is 56.2 Å². The average molecular weight is 335 g/mol. The van der Waals surface area contributed by atoms with Crippen LogP contribution in [0.1, 0.15) is 23.8 Å². The number of amides is 1. The molecular weight excluding hydrogens is 316 g/mol. The van der Waals surface area contributed by atoms with Crippen molar-refractivity contribution < 1.29 is 18.3 Å².